The fourth-order valence-electron chi connectivity index (χ4n) is 0.832. The lowest BCUT2D eigenvalue weighted by Crippen LogP contribution is -2.44. The Hall–Kier alpha value is -1.14. The van der Waals surface area contributed by atoms with Gasteiger partial charge in [-0.25, -0.2) is 4.79 Å². The van der Waals surface area contributed by atoms with E-state index >= 15 is 0 Å². The molecule has 0 aliphatic rings. The third-order valence-electron chi connectivity index (χ3n) is 1.77. The first-order valence-electron chi connectivity index (χ1n) is 4.22. The van der Waals surface area contributed by atoms with Crippen molar-refractivity contribution >= 4 is 12.6 Å². The normalized spacial score (nSPS) is 10.8. The van der Waals surface area contributed by atoms with Crippen LogP contribution in [0, 0.1) is 0 Å². The molecule has 0 atom stereocenters. The Balaban J connectivity index is 3.61. The summed E-state index contributed by atoms with van der Waals surface area (Å²) in [5.74, 6) is 0. The average Bonchev–Trinajstić information content (AvgIpc) is 2.03. The van der Waals surface area contributed by atoms with Crippen LogP contribution in [0.25, 0.3) is 0 Å². The maximum Gasteiger partial charge on any atom is 0.516 e. The molecule has 0 rings (SSSR count). The van der Waals surface area contributed by atoms with Crippen molar-refractivity contribution in [2.75, 3.05) is 40.4 Å². The van der Waals surface area contributed by atoms with E-state index in [9.17, 15) is 9.59 Å². The van der Waals surface area contributed by atoms with Crippen molar-refractivity contribution in [3.63, 3.8) is 0 Å². The van der Waals surface area contributed by atoms with E-state index in [1.165, 1.54) is 0 Å². The summed E-state index contributed by atoms with van der Waals surface area (Å²) in [4.78, 5) is 20.3. The van der Waals surface area contributed by atoms with Crippen LogP contribution in [0.2, 0.25) is 0 Å². The second-order valence-electron chi connectivity index (χ2n) is 3.42. The molecular weight excluding hydrogens is 190 g/mol. The molecule has 82 valence electrons. The molecule has 0 heterocycles. The molecule has 0 saturated heterocycles. The number of carbonyl (C=O) groups excluding carboxylic acids is 2. The first-order valence-corrected chi connectivity index (χ1v) is 4.22. The standard InChI is InChI=1S/C8H16NO5/c1-9(2,3-5-10)4-6-13-8(12)14-7-11/h7,10H,3-6H2,1-2H3/q+1. The highest BCUT2D eigenvalue weighted by molar-refractivity contribution is 5.69. The zero-order valence-corrected chi connectivity index (χ0v) is 8.43. The second kappa shape index (κ2) is 6.33. The smallest absolute Gasteiger partial charge is 0.428 e. The fourth-order valence-corrected chi connectivity index (χ4v) is 0.832. The van der Waals surface area contributed by atoms with Crippen LogP contribution in [-0.4, -0.2) is 62.6 Å². The molecule has 6 heteroatoms. The van der Waals surface area contributed by atoms with Crippen LogP contribution in [0.1, 0.15) is 0 Å². The van der Waals surface area contributed by atoms with E-state index in [2.05, 4.69) is 9.47 Å². The summed E-state index contributed by atoms with van der Waals surface area (Å²) in [6.45, 7) is 1.38. The van der Waals surface area contributed by atoms with Gasteiger partial charge in [0.1, 0.15) is 19.7 Å². The van der Waals surface area contributed by atoms with Crippen LogP contribution in [-0.2, 0) is 14.3 Å². The van der Waals surface area contributed by atoms with Crippen LogP contribution in [0.5, 0.6) is 0 Å². The predicted octanol–water partition coefficient (Wildman–Crippen LogP) is -0.635. The Morgan fingerprint density at radius 1 is 1.43 bits per heavy atom. The summed E-state index contributed by atoms with van der Waals surface area (Å²) in [5.41, 5.74) is 0. The summed E-state index contributed by atoms with van der Waals surface area (Å²) in [5, 5.41) is 8.70. The number of nitrogens with zero attached hydrogens (tertiary/aromatic N) is 1. The Bertz CT molecular complexity index is 192. The molecule has 14 heavy (non-hydrogen) atoms. The molecule has 0 bridgehead atoms. The maximum atomic E-state index is 10.6. The lowest BCUT2D eigenvalue weighted by atomic mass is 10.4. The number of hydrogen-bond donors (Lipinski definition) is 1. The van der Waals surface area contributed by atoms with Crippen molar-refractivity contribution in [1.29, 1.82) is 0 Å². The fraction of sp³-hybridized carbons (Fsp3) is 0.750. The summed E-state index contributed by atoms with van der Waals surface area (Å²) in [6.07, 6.45) is -0.996. The number of aliphatic hydroxyl groups excluding tert-OH is 1. The summed E-state index contributed by atoms with van der Waals surface area (Å²) >= 11 is 0. The van der Waals surface area contributed by atoms with Gasteiger partial charge in [0.2, 0.25) is 0 Å². The molecule has 0 aromatic carbocycles. The number of ether oxygens (including phenoxy) is 2. The van der Waals surface area contributed by atoms with Gasteiger partial charge in [-0.2, -0.15) is 0 Å². The first kappa shape index (κ1) is 12.9. The molecule has 6 nitrogen and oxygen atoms in total. The molecule has 0 saturated carbocycles. The van der Waals surface area contributed by atoms with Crippen LogP contribution < -0.4 is 0 Å². The molecule has 0 amide bonds. The highest BCUT2D eigenvalue weighted by atomic mass is 16.7. The minimum absolute atomic E-state index is 0.0239. The van der Waals surface area contributed by atoms with E-state index in [0.717, 1.165) is 0 Å². The molecule has 1 N–H and O–H groups in total. The van der Waals surface area contributed by atoms with E-state index < -0.39 is 6.16 Å². The lowest BCUT2D eigenvalue weighted by Gasteiger charge is -2.28. The maximum absolute atomic E-state index is 10.6. The van der Waals surface area contributed by atoms with Crippen molar-refractivity contribution in [3.8, 4) is 0 Å². The number of likely N-dealkylation sites (N-methyl/N-ethyl adjacent to an activating group) is 1. The Morgan fingerprint density at radius 3 is 2.57 bits per heavy atom. The van der Waals surface area contributed by atoms with Crippen molar-refractivity contribution in [1.82, 2.24) is 0 Å². The van der Waals surface area contributed by atoms with Gasteiger partial charge >= 0.3 is 12.6 Å². The molecular formula is C8H16NO5+. The molecule has 0 radical (unpaired) electrons. The van der Waals surface area contributed by atoms with Crippen molar-refractivity contribution in [2.24, 2.45) is 0 Å². The van der Waals surface area contributed by atoms with Gasteiger partial charge in [0.15, 0.2) is 0 Å². The second-order valence-corrected chi connectivity index (χ2v) is 3.42. The van der Waals surface area contributed by atoms with Gasteiger partial charge in [0.25, 0.3) is 0 Å². The highest BCUT2D eigenvalue weighted by Gasteiger charge is 2.15. The Morgan fingerprint density at radius 2 is 2.07 bits per heavy atom. The molecule has 0 aromatic rings. The van der Waals surface area contributed by atoms with Gasteiger partial charge < -0.3 is 19.1 Å². The first-order chi connectivity index (χ1) is 6.52. The summed E-state index contributed by atoms with van der Waals surface area (Å²) in [7, 11) is 3.79. The van der Waals surface area contributed by atoms with E-state index in [0.29, 0.717) is 17.6 Å². The van der Waals surface area contributed by atoms with Gasteiger partial charge in [-0.05, 0) is 0 Å². The Labute approximate surface area is 82.6 Å². The van der Waals surface area contributed by atoms with Crippen LogP contribution in [0.15, 0.2) is 0 Å². The molecule has 0 unspecified atom stereocenters. The van der Waals surface area contributed by atoms with E-state index in [4.69, 9.17) is 5.11 Å². The number of aliphatic hydroxyl groups is 1. The number of carbonyl (C=O) groups is 2. The SMILES string of the molecule is C[N+](C)(CCO)CCOC(=O)OC=O. The van der Waals surface area contributed by atoms with Crippen molar-refractivity contribution in [2.45, 2.75) is 0 Å². The molecule has 0 aliphatic heterocycles. The Kier molecular flexibility index (Phi) is 5.82. The largest absolute Gasteiger partial charge is 0.516 e. The van der Waals surface area contributed by atoms with Crippen LogP contribution >= 0.6 is 0 Å². The minimum Gasteiger partial charge on any atom is -0.428 e. The van der Waals surface area contributed by atoms with Gasteiger partial charge in [-0.15, -0.1) is 0 Å². The van der Waals surface area contributed by atoms with Crippen molar-refractivity contribution in [3.05, 3.63) is 0 Å². The van der Waals surface area contributed by atoms with Crippen LogP contribution in [0.3, 0.4) is 0 Å². The molecule has 0 aromatic heterocycles. The molecule has 0 spiro atoms. The zero-order chi connectivity index (χ0) is 11.0. The molecule has 0 aliphatic carbocycles. The predicted molar refractivity (Wildman–Crippen MR) is 47.4 cm³/mol. The van der Waals surface area contributed by atoms with E-state index in [-0.39, 0.29) is 19.7 Å². The monoisotopic (exact) mass is 206 g/mol. The van der Waals surface area contributed by atoms with Crippen LogP contribution in [0.4, 0.5) is 4.79 Å². The summed E-state index contributed by atoms with van der Waals surface area (Å²) < 4.78 is 9.03. The zero-order valence-electron chi connectivity index (χ0n) is 8.43. The third kappa shape index (κ3) is 6.38. The van der Waals surface area contributed by atoms with Crippen molar-refractivity contribution < 1.29 is 28.7 Å². The highest BCUT2D eigenvalue weighted by Crippen LogP contribution is 1.95. The van der Waals surface area contributed by atoms with Gasteiger partial charge in [0, 0.05) is 0 Å². The quantitative estimate of drug-likeness (QED) is 0.271. The summed E-state index contributed by atoms with van der Waals surface area (Å²) in [6, 6.07) is 0. The average molecular weight is 206 g/mol. The topological polar surface area (TPSA) is 72.8 Å². The van der Waals surface area contributed by atoms with E-state index in [1.54, 1.807) is 0 Å². The number of hydrogen-bond acceptors (Lipinski definition) is 5. The molecule has 0 fully saturated rings. The third-order valence-corrected chi connectivity index (χ3v) is 1.77. The van der Waals surface area contributed by atoms with Gasteiger partial charge in [-0.1, -0.05) is 0 Å². The number of rotatable bonds is 6. The van der Waals surface area contributed by atoms with Gasteiger partial charge in [0.05, 0.1) is 20.7 Å². The number of quaternary nitrogens is 1. The minimum atomic E-state index is -0.996. The lowest BCUT2D eigenvalue weighted by molar-refractivity contribution is -0.890. The van der Waals surface area contributed by atoms with E-state index in [1.807, 2.05) is 14.1 Å². The van der Waals surface area contributed by atoms with Gasteiger partial charge in [-0.3, -0.25) is 4.79 Å².